The second-order valence-corrected chi connectivity index (χ2v) is 17.6. The molecule has 1 unspecified atom stereocenters. The van der Waals surface area contributed by atoms with Gasteiger partial charge in [0, 0.05) is 99.0 Å². The van der Waals surface area contributed by atoms with Crippen molar-refractivity contribution < 1.29 is 24.0 Å². The highest BCUT2D eigenvalue weighted by Gasteiger charge is 2.39. The number of anilines is 1. The first-order valence-electron chi connectivity index (χ1n) is 21.9. The number of fused-ring (bicyclic) bond motifs is 1. The van der Waals surface area contributed by atoms with Crippen molar-refractivity contribution in [3.8, 4) is 0 Å². The molecule has 13 heteroatoms. The summed E-state index contributed by atoms with van der Waals surface area (Å²) in [5, 5.41) is 5.35. The van der Waals surface area contributed by atoms with Crippen LogP contribution in [0, 0.1) is 5.92 Å². The SMILES string of the molecule is O=C(/C=C/c1cccnc1)NCCCCC1CCN(C(=O)c2ccc(N3CCN(CCCCCCSc4cccc5c4CN(C4CCC(=O)NC4=O)C5=O)CC3)cc2)CC1. The minimum Gasteiger partial charge on any atom is -0.369 e. The third-order valence-electron chi connectivity index (χ3n) is 12.4. The molecule has 4 aliphatic heterocycles. The lowest BCUT2D eigenvalue weighted by Gasteiger charge is -2.36. The minimum atomic E-state index is -0.586. The maximum absolute atomic E-state index is 13.3. The number of benzene rings is 2. The zero-order valence-corrected chi connectivity index (χ0v) is 35.5. The Bertz CT molecular complexity index is 1980. The number of aromatic nitrogens is 1. The third kappa shape index (κ3) is 11.6. The molecule has 4 aliphatic rings. The van der Waals surface area contributed by atoms with Gasteiger partial charge in [-0.3, -0.25) is 39.2 Å². The van der Waals surface area contributed by atoms with E-state index in [-0.39, 0.29) is 36.0 Å². The molecule has 2 aromatic carbocycles. The van der Waals surface area contributed by atoms with Crippen LogP contribution >= 0.6 is 11.8 Å². The number of carbonyl (C=O) groups excluding carboxylic acids is 5. The average Bonchev–Trinajstić information content (AvgIpc) is 3.61. The third-order valence-corrected chi connectivity index (χ3v) is 13.6. The van der Waals surface area contributed by atoms with Crippen LogP contribution in [-0.2, 0) is 20.9 Å². The Kier molecular flexibility index (Phi) is 15.4. The van der Waals surface area contributed by atoms with E-state index in [0.29, 0.717) is 31.0 Å². The Labute approximate surface area is 358 Å². The lowest BCUT2D eigenvalue weighted by atomic mass is 9.91. The van der Waals surface area contributed by atoms with Crippen molar-refractivity contribution in [2.45, 2.75) is 88.1 Å². The molecule has 5 amide bonds. The van der Waals surface area contributed by atoms with E-state index >= 15 is 0 Å². The maximum atomic E-state index is 13.3. The zero-order valence-electron chi connectivity index (χ0n) is 34.7. The molecular weight excluding hydrogens is 775 g/mol. The van der Waals surface area contributed by atoms with E-state index in [1.807, 2.05) is 41.3 Å². The summed E-state index contributed by atoms with van der Waals surface area (Å²) < 4.78 is 0. The topological polar surface area (TPSA) is 135 Å². The molecule has 7 rings (SSSR count). The van der Waals surface area contributed by atoms with Gasteiger partial charge in [0.2, 0.25) is 17.7 Å². The van der Waals surface area contributed by atoms with E-state index in [1.54, 1.807) is 41.2 Å². The number of rotatable bonds is 18. The van der Waals surface area contributed by atoms with Crippen molar-refractivity contribution in [2.75, 3.05) is 63.0 Å². The van der Waals surface area contributed by atoms with Crippen molar-refractivity contribution in [1.29, 1.82) is 0 Å². The smallest absolute Gasteiger partial charge is 0.255 e. The van der Waals surface area contributed by atoms with Crippen LogP contribution < -0.4 is 15.5 Å². The number of unbranched alkanes of at least 4 members (excludes halogenated alkanes) is 4. The number of amides is 5. The van der Waals surface area contributed by atoms with Crippen molar-refractivity contribution in [3.63, 3.8) is 0 Å². The molecular formula is C47H59N7O5S. The molecule has 318 valence electrons. The van der Waals surface area contributed by atoms with Crippen LogP contribution in [-0.4, -0.2) is 113 Å². The molecule has 0 radical (unpaired) electrons. The first-order chi connectivity index (χ1) is 29.3. The number of hydrogen-bond donors (Lipinski definition) is 2. The standard InChI is InChI=1S/C47H59N7O5S/c55-43(19-13-36-10-8-23-48-33-36)49-24-4-3-9-35-21-26-53(27-22-35)46(58)37-14-16-38(17-15-37)52-30-28-51(29-31-52)25-5-1-2-6-32-60-42-12-7-11-39-40(42)34-54(47(39)59)41-18-20-44(56)50-45(41)57/h7-8,10-17,19,23,33,35,41H,1-6,9,18,20-22,24-32,34H2,(H,49,55)(H,50,56,57)/b19-13+. The van der Waals surface area contributed by atoms with Gasteiger partial charge in [-0.1, -0.05) is 37.8 Å². The number of nitrogens with zero attached hydrogens (tertiary/aromatic N) is 5. The average molecular weight is 834 g/mol. The largest absolute Gasteiger partial charge is 0.369 e. The number of nitrogens with one attached hydrogen (secondary N) is 2. The van der Waals surface area contributed by atoms with Gasteiger partial charge in [0.15, 0.2) is 0 Å². The van der Waals surface area contributed by atoms with Gasteiger partial charge in [-0.25, -0.2) is 0 Å². The molecule has 3 saturated heterocycles. The summed E-state index contributed by atoms with van der Waals surface area (Å²) in [6.07, 6.45) is 17.3. The van der Waals surface area contributed by atoms with E-state index in [4.69, 9.17) is 0 Å². The summed E-state index contributed by atoms with van der Waals surface area (Å²) in [5.74, 6) is 0.900. The van der Waals surface area contributed by atoms with Crippen LogP contribution in [0.15, 0.2) is 78.0 Å². The van der Waals surface area contributed by atoms with Crippen LogP contribution in [0.1, 0.15) is 102 Å². The van der Waals surface area contributed by atoms with E-state index in [1.165, 1.54) is 24.9 Å². The summed E-state index contributed by atoms with van der Waals surface area (Å²) in [6.45, 7) is 7.85. The molecule has 0 saturated carbocycles. The lowest BCUT2D eigenvalue weighted by Crippen LogP contribution is -2.52. The monoisotopic (exact) mass is 833 g/mol. The Morgan fingerprint density at radius 2 is 1.65 bits per heavy atom. The Hall–Kier alpha value is -5.01. The lowest BCUT2D eigenvalue weighted by molar-refractivity contribution is -0.137. The first kappa shape index (κ1) is 43.1. The van der Waals surface area contributed by atoms with Gasteiger partial charge < -0.3 is 20.0 Å². The molecule has 60 heavy (non-hydrogen) atoms. The Morgan fingerprint density at radius 3 is 2.42 bits per heavy atom. The van der Waals surface area contributed by atoms with Gasteiger partial charge in [-0.15, -0.1) is 11.8 Å². The fraction of sp³-hybridized carbons (Fsp3) is 0.489. The molecule has 0 aliphatic carbocycles. The van der Waals surface area contributed by atoms with Crippen molar-refractivity contribution >= 4 is 53.1 Å². The summed E-state index contributed by atoms with van der Waals surface area (Å²) in [7, 11) is 0. The minimum absolute atomic E-state index is 0.0810. The number of likely N-dealkylation sites (tertiary alicyclic amines) is 1. The predicted octanol–water partition coefficient (Wildman–Crippen LogP) is 6.17. The normalized spacial score (nSPS) is 18.9. The van der Waals surface area contributed by atoms with Gasteiger partial charge in [0.25, 0.3) is 11.8 Å². The van der Waals surface area contributed by atoms with Crippen molar-refractivity contribution in [1.82, 2.24) is 30.3 Å². The predicted molar refractivity (Wildman–Crippen MR) is 236 cm³/mol. The molecule has 1 atom stereocenters. The highest BCUT2D eigenvalue weighted by molar-refractivity contribution is 7.99. The van der Waals surface area contributed by atoms with Crippen LogP contribution in [0.25, 0.3) is 6.08 Å². The van der Waals surface area contributed by atoms with Gasteiger partial charge in [0.05, 0.1) is 0 Å². The highest BCUT2D eigenvalue weighted by atomic mass is 32.2. The molecule has 1 aromatic heterocycles. The molecule has 12 nitrogen and oxygen atoms in total. The van der Waals surface area contributed by atoms with Crippen LogP contribution in [0.3, 0.4) is 0 Å². The summed E-state index contributed by atoms with van der Waals surface area (Å²) in [4.78, 5) is 76.4. The highest BCUT2D eigenvalue weighted by Crippen LogP contribution is 2.35. The molecule has 3 aromatic rings. The number of hydrogen-bond acceptors (Lipinski definition) is 9. The zero-order chi connectivity index (χ0) is 41.7. The summed E-state index contributed by atoms with van der Waals surface area (Å²) >= 11 is 1.79. The number of carbonyl (C=O) groups is 5. The Balaban J connectivity index is 0.723. The fourth-order valence-corrected chi connectivity index (χ4v) is 9.88. The quantitative estimate of drug-likeness (QED) is 0.0668. The molecule has 0 bridgehead atoms. The number of imide groups is 1. The van der Waals surface area contributed by atoms with Crippen molar-refractivity contribution in [3.05, 3.63) is 95.3 Å². The first-order valence-corrected chi connectivity index (χ1v) is 22.9. The van der Waals surface area contributed by atoms with Crippen LogP contribution in [0.2, 0.25) is 0 Å². The number of piperazine rings is 1. The maximum Gasteiger partial charge on any atom is 0.255 e. The molecule has 5 heterocycles. The molecule has 3 fully saturated rings. The fourth-order valence-electron chi connectivity index (χ4n) is 8.79. The van der Waals surface area contributed by atoms with E-state index in [0.717, 1.165) is 112 Å². The second-order valence-electron chi connectivity index (χ2n) is 16.5. The Morgan fingerprint density at radius 1 is 0.850 bits per heavy atom. The molecule has 0 spiro atoms. The van der Waals surface area contributed by atoms with Crippen LogP contribution in [0.4, 0.5) is 5.69 Å². The summed E-state index contributed by atoms with van der Waals surface area (Å²) in [6, 6.07) is 17.2. The van der Waals surface area contributed by atoms with Gasteiger partial charge in [-0.2, -0.15) is 0 Å². The number of piperidine rings is 2. The number of thioether (sulfide) groups is 1. The second kappa shape index (κ2) is 21.5. The van der Waals surface area contributed by atoms with E-state index in [2.05, 4.69) is 43.6 Å². The van der Waals surface area contributed by atoms with Gasteiger partial charge in [-0.05, 0) is 116 Å². The van der Waals surface area contributed by atoms with E-state index < -0.39 is 6.04 Å². The molecule has 2 N–H and O–H groups in total. The van der Waals surface area contributed by atoms with Gasteiger partial charge in [0.1, 0.15) is 6.04 Å². The van der Waals surface area contributed by atoms with Crippen molar-refractivity contribution in [2.24, 2.45) is 5.92 Å². The van der Waals surface area contributed by atoms with Gasteiger partial charge >= 0.3 is 0 Å². The van der Waals surface area contributed by atoms with Crippen LogP contribution in [0.5, 0.6) is 0 Å². The summed E-state index contributed by atoms with van der Waals surface area (Å²) in [5.41, 5.74) is 4.53. The van der Waals surface area contributed by atoms with E-state index in [9.17, 15) is 24.0 Å². The number of pyridine rings is 1.